The van der Waals surface area contributed by atoms with E-state index in [1.807, 2.05) is 0 Å². The maximum absolute atomic E-state index is 5.97. The van der Waals surface area contributed by atoms with Gasteiger partial charge in [-0.3, -0.25) is 0 Å². The summed E-state index contributed by atoms with van der Waals surface area (Å²) in [5.41, 5.74) is 7.10. The molecule has 1 aliphatic rings. The zero-order valence-electron chi connectivity index (χ0n) is 10.8. The van der Waals surface area contributed by atoms with Crippen molar-refractivity contribution >= 4 is 11.6 Å². The van der Waals surface area contributed by atoms with Gasteiger partial charge < -0.3 is 10.6 Å². The average Bonchev–Trinajstić information content (AvgIpc) is 2.32. The van der Waals surface area contributed by atoms with Crippen molar-refractivity contribution in [2.24, 2.45) is 5.92 Å². The minimum absolute atomic E-state index is 0.648. The smallest absolute Gasteiger partial charge is 0.137 e. The number of nitrogen functional groups attached to an aromatic ring is 1. The lowest BCUT2D eigenvalue weighted by Gasteiger charge is -2.33. The first kappa shape index (κ1) is 12.1. The van der Waals surface area contributed by atoms with Gasteiger partial charge in [-0.15, -0.1) is 0 Å². The molecular weight excluding hydrogens is 212 g/mol. The highest BCUT2D eigenvalue weighted by Crippen LogP contribution is 2.27. The van der Waals surface area contributed by atoms with Crippen molar-refractivity contribution in [1.29, 1.82) is 0 Å². The summed E-state index contributed by atoms with van der Waals surface area (Å²) in [7, 11) is 0. The topological polar surface area (TPSA) is 55.0 Å². The van der Waals surface area contributed by atoms with Gasteiger partial charge in [0.05, 0.1) is 0 Å². The van der Waals surface area contributed by atoms with Gasteiger partial charge in [-0.1, -0.05) is 20.3 Å². The van der Waals surface area contributed by atoms with Crippen LogP contribution in [-0.4, -0.2) is 23.1 Å². The van der Waals surface area contributed by atoms with Gasteiger partial charge in [-0.2, -0.15) is 0 Å². The molecule has 2 rings (SSSR count). The van der Waals surface area contributed by atoms with E-state index in [0.717, 1.165) is 43.2 Å². The summed E-state index contributed by atoms with van der Waals surface area (Å²) in [5, 5.41) is 0. The Morgan fingerprint density at radius 3 is 3.00 bits per heavy atom. The minimum Gasteiger partial charge on any atom is -0.383 e. The Labute approximate surface area is 103 Å². The fourth-order valence-electron chi connectivity index (χ4n) is 2.56. The van der Waals surface area contributed by atoms with E-state index in [9.17, 15) is 0 Å². The number of piperidine rings is 1. The van der Waals surface area contributed by atoms with E-state index in [2.05, 4.69) is 28.7 Å². The lowest BCUT2D eigenvalue weighted by Crippen LogP contribution is -2.35. The number of rotatable bonds is 3. The Kier molecular flexibility index (Phi) is 3.82. The third-order valence-corrected chi connectivity index (χ3v) is 3.41. The van der Waals surface area contributed by atoms with Crippen molar-refractivity contribution in [1.82, 2.24) is 9.97 Å². The van der Waals surface area contributed by atoms with Gasteiger partial charge in [0.15, 0.2) is 0 Å². The fraction of sp³-hybridized carbons (Fsp3) is 0.692. The molecule has 94 valence electrons. The molecule has 0 saturated carbocycles. The van der Waals surface area contributed by atoms with Gasteiger partial charge in [-0.05, 0) is 25.2 Å². The minimum atomic E-state index is 0.648. The lowest BCUT2D eigenvalue weighted by molar-refractivity contribution is 0.443. The molecular formula is C13H22N4. The first-order chi connectivity index (χ1) is 8.22. The molecule has 0 aromatic carbocycles. The maximum atomic E-state index is 5.97. The van der Waals surface area contributed by atoms with Crippen molar-refractivity contribution in [2.75, 3.05) is 23.7 Å². The molecule has 0 spiro atoms. The maximum Gasteiger partial charge on any atom is 0.137 e. The quantitative estimate of drug-likeness (QED) is 0.871. The zero-order valence-corrected chi connectivity index (χ0v) is 10.8. The van der Waals surface area contributed by atoms with E-state index in [4.69, 9.17) is 5.73 Å². The van der Waals surface area contributed by atoms with Crippen LogP contribution in [-0.2, 0) is 6.42 Å². The van der Waals surface area contributed by atoms with E-state index < -0.39 is 0 Å². The van der Waals surface area contributed by atoms with Gasteiger partial charge in [0.1, 0.15) is 18.0 Å². The number of anilines is 2. The molecule has 2 heterocycles. The van der Waals surface area contributed by atoms with Gasteiger partial charge in [0, 0.05) is 18.7 Å². The summed E-state index contributed by atoms with van der Waals surface area (Å²) in [6, 6.07) is 0. The van der Waals surface area contributed by atoms with Crippen molar-refractivity contribution in [3.05, 3.63) is 11.9 Å². The number of aromatic nitrogens is 2. The summed E-state index contributed by atoms with van der Waals surface area (Å²) in [4.78, 5) is 10.9. The molecule has 1 atom stereocenters. The lowest BCUT2D eigenvalue weighted by atomic mass is 9.99. The molecule has 2 N–H and O–H groups in total. The van der Waals surface area contributed by atoms with Crippen LogP contribution < -0.4 is 10.6 Å². The van der Waals surface area contributed by atoms with Crippen LogP contribution in [0.5, 0.6) is 0 Å². The first-order valence-corrected chi connectivity index (χ1v) is 6.56. The Morgan fingerprint density at radius 1 is 1.47 bits per heavy atom. The standard InChI is InChI=1S/C13H22N4/c1-3-5-11-12(14)15-9-16-13(11)17-7-4-6-10(2)8-17/h9-10H,3-8H2,1-2H3,(H2,14,15,16). The molecule has 1 fully saturated rings. The molecule has 4 nitrogen and oxygen atoms in total. The molecule has 1 aromatic rings. The molecule has 1 aromatic heterocycles. The van der Waals surface area contributed by atoms with Gasteiger partial charge in [0.25, 0.3) is 0 Å². The normalized spacial score (nSPS) is 20.6. The second kappa shape index (κ2) is 5.34. The predicted molar refractivity (Wildman–Crippen MR) is 71.1 cm³/mol. The third kappa shape index (κ3) is 2.68. The SMILES string of the molecule is CCCc1c(N)ncnc1N1CCCC(C)C1. The van der Waals surface area contributed by atoms with Crippen LogP contribution in [0, 0.1) is 5.92 Å². The van der Waals surface area contributed by atoms with E-state index in [1.54, 1.807) is 6.33 Å². The Balaban J connectivity index is 2.27. The third-order valence-electron chi connectivity index (χ3n) is 3.41. The summed E-state index contributed by atoms with van der Waals surface area (Å²) in [6.07, 6.45) is 6.20. The second-order valence-electron chi connectivity index (χ2n) is 5.00. The van der Waals surface area contributed by atoms with Crippen LogP contribution >= 0.6 is 0 Å². The Hall–Kier alpha value is -1.32. The van der Waals surface area contributed by atoms with E-state index >= 15 is 0 Å². The summed E-state index contributed by atoms with van der Waals surface area (Å²) in [5.74, 6) is 2.45. The van der Waals surface area contributed by atoms with Gasteiger partial charge >= 0.3 is 0 Å². The van der Waals surface area contributed by atoms with Crippen LogP contribution in [0.15, 0.2) is 6.33 Å². The van der Waals surface area contributed by atoms with Crippen LogP contribution in [0.2, 0.25) is 0 Å². The molecule has 0 radical (unpaired) electrons. The highest BCUT2D eigenvalue weighted by molar-refractivity contribution is 5.56. The number of hydrogen-bond donors (Lipinski definition) is 1. The molecule has 0 amide bonds. The van der Waals surface area contributed by atoms with Crippen LogP contribution in [0.25, 0.3) is 0 Å². The van der Waals surface area contributed by atoms with Crippen molar-refractivity contribution in [3.8, 4) is 0 Å². The van der Waals surface area contributed by atoms with Gasteiger partial charge in [0.2, 0.25) is 0 Å². The Morgan fingerprint density at radius 2 is 2.29 bits per heavy atom. The number of hydrogen-bond acceptors (Lipinski definition) is 4. The van der Waals surface area contributed by atoms with Crippen molar-refractivity contribution in [3.63, 3.8) is 0 Å². The molecule has 17 heavy (non-hydrogen) atoms. The molecule has 1 unspecified atom stereocenters. The van der Waals surface area contributed by atoms with Crippen LogP contribution in [0.1, 0.15) is 38.7 Å². The summed E-state index contributed by atoms with van der Waals surface area (Å²) >= 11 is 0. The van der Waals surface area contributed by atoms with Gasteiger partial charge in [-0.25, -0.2) is 9.97 Å². The molecule has 4 heteroatoms. The summed E-state index contributed by atoms with van der Waals surface area (Å²) < 4.78 is 0. The first-order valence-electron chi connectivity index (χ1n) is 6.56. The number of nitrogens with two attached hydrogens (primary N) is 1. The highest BCUT2D eigenvalue weighted by Gasteiger charge is 2.21. The van der Waals surface area contributed by atoms with E-state index in [1.165, 1.54) is 12.8 Å². The number of nitrogens with zero attached hydrogens (tertiary/aromatic N) is 3. The average molecular weight is 234 g/mol. The Bertz CT molecular complexity index is 378. The zero-order chi connectivity index (χ0) is 12.3. The highest BCUT2D eigenvalue weighted by atomic mass is 15.2. The predicted octanol–water partition coefficient (Wildman–Crippen LogP) is 2.25. The molecule has 0 bridgehead atoms. The molecule has 0 aliphatic carbocycles. The van der Waals surface area contributed by atoms with Crippen LogP contribution in [0.3, 0.4) is 0 Å². The van der Waals surface area contributed by atoms with Crippen molar-refractivity contribution in [2.45, 2.75) is 39.5 Å². The second-order valence-corrected chi connectivity index (χ2v) is 5.00. The molecule has 1 aliphatic heterocycles. The van der Waals surface area contributed by atoms with E-state index in [0.29, 0.717) is 5.82 Å². The fourth-order valence-corrected chi connectivity index (χ4v) is 2.56. The monoisotopic (exact) mass is 234 g/mol. The van der Waals surface area contributed by atoms with Crippen molar-refractivity contribution < 1.29 is 0 Å². The summed E-state index contributed by atoms with van der Waals surface area (Å²) in [6.45, 7) is 6.65. The van der Waals surface area contributed by atoms with Crippen LogP contribution in [0.4, 0.5) is 11.6 Å². The molecule has 1 saturated heterocycles. The van der Waals surface area contributed by atoms with E-state index in [-0.39, 0.29) is 0 Å². The largest absolute Gasteiger partial charge is 0.383 e.